The van der Waals surface area contributed by atoms with E-state index >= 15 is 0 Å². The second-order valence-electron chi connectivity index (χ2n) is 7.59. The Bertz CT molecular complexity index is 1700. The fraction of sp³-hybridized carbons (Fsp3) is 0.333. The molecule has 4 rings (SSSR count). The molecule has 0 unspecified atom stereocenters. The van der Waals surface area contributed by atoms with Crippen LogP contribution < -0.4 is 16.9 Å². The van der Waals surface area contributed by atoms with Gasteiger partial charge in [0.05, 0.1) is 20.3 Å². The molecule has 35 heavy (non-hydrogen) atoms. The number of pyridine rings is 2. The van der Waals surface area contributed by atoms with E-state index in [0.717, 1.165) is 17.3 Å². The van der Waals surface area contributed by atoms with Crippen LogP contribution >= 0.6 is 31.9 Å². The van der Waals surface area contributed by atoms with Crippen molar-refractivity contribution in [3.8, 4) is 0 Å². The smallest absolute Gasteiger partial charge is 0.266 e. The second kappa shape index (κ2) is 10.1. The largest absolute Gasteiger partial charge is 0.368 e. The van der Waals surface area contributed by atoms with E-state index < -0.39 is 9.84 Å². The maximum absolute atomic E-state index is 12.0. The van der Waals surface area contributed by atoms with Crippen LogP contribution in [0.5, 0.6) is 0 Å². The number of nitrogens with zero attached hydrogens (tertiary/aromatic N) is 6. The van der Waals surface area contributed by atoms with Gasteiger partial charge in [-0.1, -0.05) is 0 Å². The van der Waals surface area contributed by atoms with Crippen molar-refractivity contribution in [2.45, 2.75) is 45.9 Å². The topological polar surface area (TPSA) is 156 Å². The Morgan fingerprint density at radius 3 is 1.69 bits per heavy atom. The molecule has 0 saturated heterocycles. The summed E-state index contributed by atoms with van der Waals surface area (Å²) in [6.45, 7) is 8.16. The van der Waals surface area contributed by atoms with Gasteiger partial charge in [0.1, 0.15) is 11.3 Å². The van der Waals surface area contributed by atoms with Crippen molar-refractivity contribution in [1.82, 2.24) is 29.1 Å². The van der Waals surface area contributed by atoms with Crippen LogP contribution in [0.1, 0.15) is 25.2 Å². The highest BCUT2D eigenvalue weighted by Crippen LogP contribution is 2.20. The van der Waals surface area contributed by atoms with Crippen molar-refractivity contribution in [2.24, 2.45) is 0 Å². The number of aryl methyl sites for hydroxylation is 4. The molecule has 4 aromatic rings. The van der Waals surface area contributed by atoms with Gasteiger partial charge in [-0.3, -0.25) is 18.7 Å². The first kappa shape index (κ1) is 26.9. The number of hydrogen-bond donors (Lipinski definition) is 1. The summed E-state index contributed by atoms with van der Waals surface area (Å²) in [5.74, 6) is 0.189. The zero-order valence-electron chi connectivity index (χ0n) is 19.6. The van der Waals surface area contributed by atoms with Crippen LogP contribution in [0.2, 0.25) is 0 Å². The minimum absolute atomic E-state index is 0.104. The van der Waals surface area contributed by atoms with Gasteiger partial charge in [0.25, 0.3) is 11.1 Å². The molecule has 0 atom stereocenters. The third-order valence-electron chi connectivity index (χ3n) is 5.15. The maximum Gasteiger partial charge on any atom is 0.266 e. The standard InChI is InChI=1S/C11H12BrN3O3S.C10H11BrN4O/c1-4-15-9-7(5-8(12)10(15)16)6(2)13-11(14-9)19(3,17)18;1-3-15-8-6(4-7(11)9(15)16)5(2)13-10(12)14-8/h5H,4H2,1-3H3;4H,3H2,1-2H3,(H2,12,13,14). The molecule has 4 aromatic heterocycles. The molecule has 0 saturated carbocycles. The molecule has 0 radical (unpaired) electrons. The van der Waals surface area contributed by atoms with Crippen LogP contribution in [0.15, 0.2) is 35.8 Å². The number of halogens is 2. The molecule has 0 amide bonds. The molecule has 11 nitrogen and oxygen atoms in total. The number of aromatic nitrogens is 6. The van der Waals surface area contributed by atoms with Gasteiger partial charge in [-0.2, -0.15) is 9.97 Å². The molecule has 14 heteroatoms. The van der Waals surface area contributed by atoms with Gasteiger partial charge in [0.15, 0.2) is 0 Å². The molecule has 0 aromatic carbocycles. The summed E-state index contributed by atoms with van der Waals surface area (Å²) in [4.78, 5) is 40.0. The van der Waals surface area contributed by atoms with E-state index in [-0.39, 0.29) is 22.2 Å². The van der Waals surface area contributed by atoms with Crippen molar-refractivity contribution in [2.75, 3.05) is 12.0 Å². The van der Waals surface area contributed by atoms with Crippen LogP contribution in [-0.2, 0) is 22.9 Å². The normalized spacial score (nSPS) is 11.5. The van der Waals surface area contributed by atoms with Crippen molar-refractivity contribution < 1.29 is 8.42 Å². The van der Waals surface area contributed by atoms with E-state index in [0.29, 0.717) is 44.4 Å². The Labute approximate surface area is 217 Å². The quantitative estimate of drug-likeness (QED) is 0.337. The lowest BCUT2D eigenvalue weighted by Crippen LogP contribution is -2.22. The summed E-state index contributed by atoms with van der Waals surface area (Å²) in [6, 6.07) is 3.35. The highest BCUT2D eigenvalue weighted by Gasteiger charge is 2.17. The van der Waals surface area contributed by atoms with Crippen molar-refractivity contribution >= 4 is 69.7 Å². The van der Waals surface area contributed by atoms with Gasteiger partial charge in [-0.25, -0.2) is 18.4 Å². The van der Waals surface area contributed by atoms with Gasteiger partial charge >= 0.3 is 0 Å². The zero-order chi connectivity index (χ0) is 26.2. The molecule has 4 heterocycles. The van der Waals surface area contributed by atoms with Crippen molar-refractivity contribution in [1.29, 1.82) is 0 Å². The molecule has 2 N–H and O–H groups in total. The molecule has 186 valence electrons. The molecular formula is C21H23Br2N7O4S. The van der Waals surface area contributed by atoms with Gasteiger partial charge in [-0.15, -0.1) is 0 Å². The minimum Gasteiger partial charge on any atom is -0.368 e. The number of anilines is 1. The van der Waals surface area contributed by atoms with Crippen molar-refractivity contribution in [3.05, 3.63) is 53.2 Å². The average molecular weight is 629 g/mol. The fourth-order valence-corrected chi connectivity index (χ4v) is 4.90. The van der Waals surface area contributed by atoms with Gasteiger partial charge in [0, 0.05) is 30.1 Å². The fourth-order valence-electron chi connectivity index (χ4n) is 3.46. The monoisotopic (exact) mass is 627 g/mol. The third-order valence-corrected chi connectivity index (χ3v) is 7.13. The van der Waals surface area contributed by atoms with Crippen LogP contribution in [-0.4, -0.2) is 43.7 Å². The Kier molecular flexibility index (Phi) is 7.77. The Morgan fingerprint density at radius 1 is 0.829 bits per heavy atom. The van der Waals surface area contributed by atoms with Crippen molar-refractivity contribution in [3.63, 3.8) is 0 Å². The summed E-state index contributed by atoms with van der Waals surface area (Å²) in [6.07, 6.45) is 1.04. The van der Waals surface area contributed by atoms with E-state index in [1.54, 1.807) is 30.5 Å². The van der Waals surface area contributed by atoms with Crippen LogP contribution in [0.25, 0.3) is 22.1 Å². The first-order valence-corrected chi connectivity index (χ1v) is 13.9. The molecule has 0 aliphatic rings. The molecule has 0 spiro atoms. The van der Waals surface area contributed by atoms with Crippen LogP contribution in [0, 0.1) is 13.8 Å². The first-order chi connectivity index (χ1) is 16.3. The number of nitrogen functional groups attached to an aromatic ring is 1. The third kappa shape index (κ3) is 5.28. The lowest BCUT2D eigenvalue weighted by Gasteiger charge is -2.10. The lowest BCUT2D eigenvalue weighted by atomic mass is 10.2. The second-order valence-corrected chi connectivity index (χ2v) is 11.2. The summed E-state index contributed by atoms with van der Waals surface area (Å²) >= 11 is 6.43. The zero-order valence-corrected chi connectivity index (χ0v) is 23.6. The number of hydrogen-bond acceptors (Lipinski definition) is 9. The molecular weight excluding hydrogens is 606 g/mol. The average Bonchev–Trinajstić information content (AvgIpc) is 2.77. The van der Waals surface area contributed by atoms with E-state index in [1.165, 1.54) is 4.57 Å². The van der Waals surface area contributed by atoms with E-state index in [1.807, 2.05) is 13.8 Å². The van der Waals surface area contributed by atoms with Gasteiger partial charge in [-0.05, 0) is 71.7 Å². The SMILES string of the molecule is CCn1c(=O)c(Br)cc2c(C)nc(N)nc21.CCn1c(=O)c(Br)cc2c(C)nc(S(C)(=O)=O)nc21. The highest BCUT2D eigenvalue weighted by molar-refractivity contribution is 9.10. The predicted molar refractivity (Wildman–Crippen MR) is 141 cm³/mol. The summed E-state index contributed by atoms with van der Waals surface area (Å²) in [5, 5.41) is 1.23. The van der Waals surface area contributed by atoms with Crippen LogP contribution in [0.4, 0.5) is 5.95 Å². The van der Waals surface area contributed by atoms with E-state index in [4.69, 9.17) is 5.73 Å². The molecule has 0 aliphatic carbocycles. The van der Waals surface area contributed by atoms with Gasteiger partial charge < -0.3 is 5.73 Å². The Morgan fingerprint density at radius 2 is 1.26 bits per heavy atom. The number of fused-ring (bicyclic) bond motifs is 2. The Hall–Kier alpha value is -2.71. The molecule has 0 bridgehead atoms. The number of sulfone groups is 1. The summed E-state index contributed by atoms with van der Waals surface area (Å²) < 4.78 is 27.0. The molecule has 0 aliphatic heterocycles. The van der Waals surface area contributed by atoms with E-state index in [9.17, 15) is 18.0 Å². The lowest BCUT2D eigenvalue weighted by molar-refractivity contribution is 0.592. The van der Waals surface area contributed by atoms with Gasteiger partial charge in [0.2, 0.25) is 20.9 Å². The maximum atomic E-state index is 12.0. The number of rotatable bonds is 3. The summed E-state index contributed by atoms with van der Waals surface area (Å²) in [5.41, 5.74) is 7.45. The molecule has 0 fully saturated rings. The van der Waals surface area contributed by atoms with E-state index in [2.05, 4.69) is 51.8 Å². The Balaban J connectivity index is 0.000000198. The number of nitrogens with two attached hydrogens (primary N) is 1. The van der Waals surface area contributed by atoms with Crippen LogP contribution in [0.3, 0.4) is 0 Å². The first-order valence-electron chi connectivity index (χ1n) is 10.4. The summed E-state index contributed by atoms with van der Waals surface area (Å²) in [7, 11) is -3.51. The predicted octanol–water partition coefficient (Wildman–Crippen LogP) is 2.75. The highest BCUT2D eigenvalue weighted by atomic mass is 79.9. The minimum atomic E-state index is -3.51.